The van der Waals surface area contributed by atoms with Crippen LogP contribution < -0.4 is 10.7 Å². The molecular formula is C20H19BrN4O3S. The minimum absolute atomic E-state index is 0.124. The molecule has 1 atom stereocenters. The van der Waals surface area contributed by atoms with Crippen LogP contribution in [0.1, 0.15) is 22.3 Å². The van der Waals surface area contributed by atoms with Crippen molar-refractivity contribution in [2.75, 3.05) is 7.05 Å². The van der Waals surface area contributed by atoms with E-state index in [1.54, 1.807) is 24.3 Å². The molecule has 2 N–H and O–H groups in total. The van der Waals surface area contributed by atoms with Crippen LogP contribution in [0.25, 0.3) is 0 Å². The molecule has 1 aliphatic rings. The van der Waals surface area contributed by atoms with Crippen LogP contribution in [0.4, 0.5) is 0 Å². The minimum Gasteiger partial charge on any atom is -0.359 e. The van der Waals surface area contributed by atoms with Gasteiger partial charge in [0.25, 0.3) is 11.8 Å². The topological polar surface area (TPSA) is 81.8 Å². The van der Waals surface area contributed by atoms with E-state index in [-0.39, 0.29) is 29.9 Å². The Balaban J connectivity index is 1.83. The molecule has 9 heteroatoms. The average molecular weight is 475 g/mol. The van der Waals surface area contributed by atoms with Crippen molar-refractivity contribution in [3.8, 4) is 0 Å². The number of nitrogens with zero attached hydrogens (tertiary/aromatic N) is 2. The molecule has 2 aromatic rings. The van der Waals surface area contributed by atoms with E-state index in [1.165, 1.54) is 17.0 Å². The Morgan fingerprint density at radius 3 is 2.38 bits per heavy atom. The first-order valence-electron chi connectivity index (χ1n) is 8.86. The number of rotatable bonds is 6. The highest BCUT2D eigenvalue weighted by Gasteiger charge is 2.44. The van der Waals surface area contributed by atoms with Crippen molar-refractivity contribution in [1.82, 2.24) is 20.7 Å². The van der Waals surface area contributed by atoms with E-state index in [0.717, 1.165) is 10.0 Å². The normalized spacial score (nSPS) is 16.1. The number of nitrogens with one attached hydrogen (secondary N) is 2. The van der Waals surface area contributed by atoms with Gasteiger partial charge in [-0.15, -0.1) is 0 Å². The van der Waals surface area contributed by atoms with Gasteiger partial charge in [-0.25, -0.2) is 5.01 Å². The minimum atomic E-state index is -0.912. The number of halogens is 1. The molecule has 3 rings (SSSR count). The van der Waals surface area contributed by atoms with Gasteiger partial charge in [-0.3, -0.25) is 24.7 Å². The summed E-state index contributed by atoms with van der Waals surface area (Å²) in [6, 6.07) is 15.3. The van der Waals surface area contributed by atoms with Crippen LogP contribution in [0.15, 0.2) is 59.1 Å². The molecule has 0 aliphatic carbocycles. The summed E-state index contributed by atoms with van der Waals surface area (Å²) in [5.41, 5.74) is 3.98. The Labute approximate surface area is 182 Å². The third kappa shape index (κ3) is 4.80. The lowest BCUT2D eigenvalue weighted by atomic mass is 10.1. The summed E-state index contributed by atoms with van der Waals surface area (Å²) in [5, 5.41) is 3.96. The maximum Gasteiger partial charge on any atom is 0.269 e. The summed E-state index contributed by atoms with van der Waals surface area (Å²) in [5.74, 6) is -1.08. The second kappa shape index (κ2) is 9.15. The average Bonchev–Trinajstić information content (AvgIpc) is 2.93. The maximum absolute atomic E-state index is 13.0. The summed E-state index contributed by atoms with van der Waals surface area (Å²) < 4.78 is 0.840. The number of amides is 3. The number of benzene rings is 2. The predicted molar refractivity (Wildman–Crippen MR) is 116 cm³/mol. The van der Waals surface area contributed by atoms with Crippen molar-refractivity contribution in [1.29, 1.82) is 0 Å². The van der Waals surface area contributed by atoms with Crippen LogP contribution in [0.3, 0.4) is 0 Å². The molecule has 0 spiro atoms. The molecular weight excluding hydrogens is 456 g/mol. The van der Waals surface area contributed by atoms with Crippen LogP contribution in [-0.4, -0.2) is 45.8 Å². The first-order chi connectivity index (χ1) is 13.9. The van der Waals surface area contributed by atoms with Gasteiger partial charge in [-0.1, -0.05) is 46.3 Å². The van der Waals surface area contributed by atoms with Gasteiger partial charge >= 0.3 is 0 Å². The van der Waals surface area contributed by atoms with Gasteiger partial charge in [0.1, 0.15) is 6.04 Å². The molecule has 0 saturated carbocycles. The number of hydrazine groups is 1. The van der Waals surface area contributed by atoms with Gasteiger partial charge in [0.05, 0.1) is 13.0 Å². The van der Waals surface area contributed by atoms with Crippen LogP contribution in [0.5, 0.6) is 0 Å². The molecule has 1 heterocycles. The molecule has 1 unspecified atom stereocenters. The van der Waals surface area contributed by atoms with E-state index >= 15 is 0 Å². The zero-order valence-corrected chi connectivity index (χ0v) is 18.0. The van der Waals surface area contributed by atoms with Gasteiger partial charge in [0.15, 0.2) is 5.11 Å². The van der Waals surface area contributed by atoms with Crippen molar-refractivity contribution in [3.05, 3.63) is 70.2 Å². The maximum atomic E-state index is 13.0. The number of hydrogen-bond donors (Lipinski definition) is 2. The van der Waals surface area contributed by atoms with E-state index in [1.807, 2.05) is 30.3 Å². The molecule has 29 heavy (non-hydrogen) atoms. The molecule has 2 aromatic carbocycles. The number of thiocarbonyl (C=S) groups is 1. The largest absolute Gasteiger partial charge is 0.359 e. The Kier molecular flexibility index (Phi) is 6.60. The number of carbonyl (C=O) groups excluding carboxylic acids is 3. The van der Waals surface area contributed by atoms with Crippen molar-refractivity contribution in [3.63, 3.8) is 0 Å². The second-order valence-electron chi connectivity index (χ2n) is 6.40. The van der Waals surface area contributed by atoms with Crippen LogP contribution >= 0.6 is 28.1 Å². The Bertz CT molecular complexity index is 937. The second-order valence-corrected chi connectivity index (χ2v) is 7.68. The lowest BCUT2D eigenvalue weighted by molar-refractivity contribution is -0.132. The van der Waals surface area contributed by atoms with Gasteiger partial charge in [0.2, 0.25) is 5.91 Å². The lowest BCUT2D eigenvalue weighted by Gasteiger charge is -2.24. The van der Waals surface area contributed by atoms with E-state index in [0.29, 0.717) is 5.56 Å². The third-order valence-corrected chi connectivity index (χ3v) is 5.42. The number of carbonyl (C=O) groups is 3. The molecule has 1 saturated heterocycles. The molecule has 150 valence electrons. The van der Waals surface area contributed by atoms with E-state index in [2.05, 4.69) is 26.7 Å². The summed E-state index contributed by atoms with van der Waals surface area (Å²) in [7, 11) is 1.49. The van der Waals surface area contributed by atoms with E-state index in [4.69, 9.17) is 12.2 Å². The smallest absolute Gasteiger partial charge is 0.269 e. The van der Waals surface area contributed by atoms with Gasteiger partial charge in [0, 0.05) is 17.1 Å². The van der Waals surface area contributed by atoms with Crippen molar-refractivity contribution in [2.24, 2.45) is 0 Å². The molecule has 0 aromatic heterocycles. The van der Waals surface area contributed by atoms with Crippen molar-refractivity contribution in [2.45, 2.75) is 19.0 Å². The lowest BCUT2D eigenvalue weighted by Crippen LogP contribution is -2.50. The zero-order valence-electron chi connectivity index (χ0n) is 15.6. The van der Waals surface area contributed by atoms with Gasteiger partial charge in [-0.2, -0.15) is 0 Å². The fourth-order valence-corrected chi connectivity index (χ4v) is 3.51. The zero-order chi connectivity index (χ0) is 21.0. The molecule has 3 amide bonds. The Hall–Kier alpha value is -2.78. The van der Waals surface area contributed by atoms with Crippen molar-refractivity contribution >= 4 is 51.0 Å². The third-order valence-electron chi connectivity index (χ3n) is 4.47. The van der Waals surface area contributed by atoms with Crippen LogP contribution in [0.2, 0.25) is 0 Å². The predicted octanol–water partition coefficient (Wildman–Crippen LogP) is 2.23. The quantitative estimate of drug-likeness (QED) is 0.627. The van der Waals surface area contributed by atoms with Crippen LogP contribution in [0, 0.1) is 0 Å². The van der Waals surface area contributed by atoms with E-state index < -0.39 is 11.9 Å². The first-order valence-corrected chi connectivity index (χ1v) is 10.1. The van der Waals surface area contributed by atoms with Gasteiger partial charge in [-0.05, 0) is 42.0 Å². The fraction of sp³-hybridized carbons (Fsp3) is 0.200. The summed E-state index contributed by atoms with van der Waals surface area (Å²) in [4.78, 5) is 39.0. The molecule has 1 fully saturated rings. The molecule has 0 radical (unpaired) electrons. The highest BCUT2D eigenvalue weighted by Crippen LogP contribution is 2.22. The SMILES string of the molecule is CNC(=O)CC1C(=O)N(Cc2ccccc2)C(=S)N1NC(=O)c1ccc(Br)cc1. The molecule has 7 nitrogen and oxygen atoms in total. The first kappa shape index (κ1) is 20.9. The highest BCUT2D eigenvalue weighted by atomic mass is 79.9. The van der Waals surface area contributed by atoms with Crippen molar-refractivity contribution < 1.29 is 14.4 Å². The number of hydrogen-bond acceptors (Lipinski definition) is 4. The summed E-state index contributed by atoms with van der Waals surface area (Å²) >= 11 is 8.80. The monoisotopic (exact) mass is 474 g/mol. The Morgan fingerprint density at radius 1 is 1.10 bits per heavy atom. The van der Waals surface area contributed by atoms with Crippen LogP contribution in [-0.2, 0) is 16.1 Å². The highest BCUT2D eigenvalue weighted by molar-refractivity contribution is 9.10. The van der Waals surface area contributed by atoms with E-state index in [9.17, 15) is 14.4 Å². The summed E-state index contributed by atoms with van der Waals surface area (Å²) in [6.07, 6.45) is -0.124. The Morgan fingerprint density at radius 2 is 1.76 bits per heavy atom. The fourth-order valence-electron chi connectivity index (χ4n) is 2.92. The standard InChI is InChI=1S/C20H19BrN4O3S/c1-22-17(26)11-16-19(28)24(12-13-5-3-2-4-6-13)20(29)25(16)23-18(27)14-7-9-15(21)10-8-14/h2-10,16H,11-12H2,1H3,(H,22,26)(H,23,27). The van der Waals surface area contributed by atoms with Gasteiger partial charge < -0.3 is 5.32 Å². The summed E-state index contributed by atoms with van der Waals surface area (Å²) in [6.45, 7) is 0.257. The molecule has 0 bridgehead atoms. The molecule has 1 aliphatic heterocycles.